The number of hydrogen-bond acceptors (Lipinski definition) is 3. The van der Waals surface area contributed by atoms with Crippen LogP contribution in [0.15, 0.2) is 12.1 Å². The first-order chi connectivity index (χ1) is 6.85. The zero-order chi connectivity index (χ0) is 11.6. The second-order valence-corrected chi connectivity index (χ2v) is 4.26. The molecule has 4 heteroatoms. The van der Waals surface area contributed by atoms with Crippen LogP contribution in [0.4, 0.5) is 4.39 Å². The minimum absolute atomic E-state index is 0.0634. The van der Waals surface area contributed by atoms with Gasteiger partial charge in [-0.1, -0.05) is 6.07 Å². The number of benzene rings is 1. The lowest BCUT2D eigenvalue weighted by Crippen LogP contribution is -2.34. The molecule has 0 radical (unpaired) electrons. The molecule has 0 unspecified atom stereocenters. The number of ether oxygens (including phenoxy) is 1. The standard InChI is InChI=1S/C11H16FNO2/c1-11(2,13)6-7-4-5-8(14)9(12)10(7)15-3/h4-5,14H,6,13H2,1-3H3. The van der Waals surface area contributed by atoms with Gasteiger partial charge in [0.2, 0.25) is 5.82 Å². The number of phenolic OH excluding ortho intramolecular Hbond substituents is 1. The van der Waals surface area contributed by atoms with Crippen molar-refractivity contribution in [1.82, 2.24) is 0 Å². The van der Waals surface area contributed by atoms with Crippen molar-refractivity contribution in [2.24, 2.45) is 5.73 Å². The Morgan fingerprint density at radius 2 is 2.07 bits per heavy atom. The van der Waals surface area contributed by atoms with Crippen molar-refractivity contribution in [3.63, 3.8) is 0 Å². The maximum atomic E-state index is 13.4. The normalized spacial score (nSPS) is 11.5. The molecule has 1 aromatic rings. The average Bonchev–Trinajstić information content (AvgIpc) is 2.10. The van der Waals surface area contributed by atoms with E-state index in [-0.39, 0.29) is 5.75 Å². The Labute approximate surface area is 88.7 Å². The Morgan fingerprint density at radius 3 is 2.53 bits per heavy atom. The molecule has 0 atom stereocenters. The molecule has 0 aliphatic rings. The van der Waals surface area contributed by atoms with Gasteiger partial charge in [0.1, 0.15) is 0 Å². The van der Waals surface area contributed by atoms with Gasteiger partial charge in [-0.2, -0.15) is 4.39 Å². The van der Waals surface area contributed by atoms with E-state index >= 15 is 0 Å². The summed E-state index contributed by atoms with van der Waals surface area (Å²) >= 11 is 0. The molecule has 0 saturated carbocycles. The topological polar surface area (TPSA) is 55.5 Å². The summed E-state index contributed by atoms with van der Waals surface area (Å²) in [5, 5.41) is 9.17. The number of hydrogen-bond donors (Lipinski definition) is 2. The fourth-order valence-electron chi connectivity index (χ4n) is 1.44. The van der Waals surface area contributed by atoms with Crippen LogP contribution < -0.4 is 10.5 Å². The average molecular weight is 213 g/mol. The summed E-state index contributed by atoms with van der Waals surface area (Å²) in [6.45, 7) is 3.69. The van der Waals surface area contributed by atoms with Crippen molar-refractivity contribution in [1.29, 1.82) is 0 Å². The Balaban J connectivity index is 3.14. The van der Waals surface area contributed by atoms with E-state index in [1.54, 1.807) is 6.07 Å². The van der Waals surface area contributed by atoms with Crippen LogP contribution in [0.1, 0.15) is 19.4 Å². The van der Waals surface area contributed by atoms with E-state index < -0.39 is 17.1 Å². The predicted molar refractivity (Wildman–Crippen MR) is 56.6 cm³/mol. The molecule has 0 heterocycles. The predicted octanol–water partition coefficient (Wildman–Crippen LogP) is 1.82. The third kappa shape index (κ3) is 2.83. The van der Waals surface area contributed by atoms with Gasteiger partial charge in [-0.05, 0) is 31.9 Å². The highest BCUT2D eigenvalue weighted by Gasteiger charge is 2.19. The van der Waals surface area contributed by atoms with Gasteiger partial charge in [0.25, 0.3) is 0 Å². The van der Waals surface area contributed by atoms with Crippen LogP contribution >= 0.6 is 0 Å². The molecule has 1 aromatic carbocycles. The van der Waals surface area contributed by atoms with Crippen LogP contribution in [0.25, 0.3) is 0 Å². The summed E-state index contributed by atoms with van der Waals surface area (Å²) in [5.74, 6) is -1.08. The number of nitrogens with two attached hydrogens (primary N) is 1. The molecule has 84 valence electrons. The van der Waals surface area contributed by atoms with Gasteiger partial charge in [0.15, 0.2) is 11.5 Å². The number of methoxy groups -OCH3 is 1. The molecule has 0 aliphatic heterocycles. The SMILES string of the molecule is COc1c(CC(C)(C)N)ccc(O)c1F. The smallest absolute Gasteiger partial charge is 0.206 e. The van der Waals surface area contributed by atoms with Gasteiger partial charge < -0.3 is 15.6 Å². The van der Waals surface area contributed by atoms with Crippen LogP contribution in [0.3, 0.4) is 0 Å². The largest absolute Gasteiger partial charge is 0.505 e. The minimum atomic E-state index is -0.737. The van der Waals surface area contributed by atoms with Crippen molar-refractivity contribution in [3.8, 4) is 11.5 Å². The second kappa shape index (κ2) is 4.06. The number of halogens is 1. The first-order valence-corrected chi connectivity index (χ1v) is 4.68. The van der Waals surface area contributed by atoms with Crippen molar-refractivity contribution in [2.45, 2.75) is 25.8 Å². The monoisotopic (exact) mass is 213 g/mol. The van der Waals surface area contributed by atoms with E-state index in [9.17, 15) is 4.39 Å². The quantitative estimate of drug-likeness (QED) is 0.805. The Bertz CT molecular complexity index is 358. The van der Waals surface area contributed by atoms with Crippen molar-refractivity contribution in [3.05, 3.63) is 23.5 Å². The number of phenols is 1. The molecule has 0 saturated heterocycles. The Hall–Kier alpha value is -1.29. The molecular weight excluding hydrogens is 197 g/mol. The lowest BCUT2D eigenvalue weighted by molar-refractivity contribution is 0.356. The van der Waals surface area contributed by atoms with Crippen LogP contribution in [-0.4, -0.2) is 17.8 Å². The lowest BCUT2D eigenvalue weighted by atomic mass is 9.95. The van der Waals surface area contributed by atoms with Crippen LogP contribution in [0, 0.1) is 5.82 Å². The van der Waals surface area contributed by atoms with Crippen LogP contribution in [0.5, 0.6) is 11.5 Å². The Kier molecular flexibility index (Phi) is 3.19. The van der Waals surface area contributed by atoms with E-state index in [1.807, 2.05) is 13.8 Å². The highest BCUT2D eigenvalue weighted by atomic mass is 19.1. The minimum Gasteiger partial charge on any atom is -0.505 e. The van der Waals surface area contributed by atoms with Crippen molar-refractivity contribution in [2.75, 3.05) is 7.11 Å². The van der Waals surface area contributed by atoms with E-state index in [4.69, 9.17) is 15.6 Å². The third-order valence-electron chi connectivity index (χ3n) is 2.01. The summed E-state index contributed by atoms with van der Waals surface area (Å²) in [5.41, 5.74) is 6.04. The first-order valence-electron chi connectivity index (χ1n) is 4.68. The molecule has 0 aromatic heterocycles. The summed E-state index contributed by atoms with van der Waals surface area (Å²) in [4.78, 5) is 0. The van der Waals surface area contributed by atoms with Gasteiger partial charge in [-0.3, -0.25) is 0 Å². The molecule has 3 nitrogen and oxygen atoms in total. The summed E-state index contributed by atoms with van der Waals surface area (Å²) in [6.07, 6.45) is 0.480. The maximum absolute atomic E-state index is 13.4. The molecule has 0 aliphatic carbocycles. The Morgan fingerprint density at radius 1 is 1.47 bits per heavy atom. The molecule has 15 heavy (non-hydrogen) atoms. The summed E-state index contributed by atoms with van der Waals surface area (Å²) in [6, 6.07) is 2.92. The second-order valence-electron chi connectivity index (χ2n) is 4.26. The summed E-state index contributed by atoms with van der Waals surface area (Å²) in [7, 11) is 1.37. The zero-order valence-corrected chi connectivity index (χ0v) is 9.17. The van der Waals surface area contributed by atoms with E-state index in [0.29, 0.717) is 12.0 Å². The summed E-state index contributed by atoms with van der Waals surface area (Å²) < 4.78 is 18.3. The fraction of sp³-hybridized carbons (Fsp3) is 0.455. The van der Waals surface area contributed by atoms with Gasteiger partial charge in [-0.15, -0.1) is 0 Å². The fourth-order valence-corrected chi connectivity index (χ4v) is 1.44. The van der Waals surface area contributed by atoms with Gasteiger partial charge in [-0.25, -0.2) is 0 Å². The first kappa shape index (κ1) is 11.8. The van der Waals surface area contributed by atoms with Gasteiger partial charge in [0, 0.05) is 5.54 Å². The van der Waals surface area contributed by atoms with Crippen molar-refractivity contribution < 1.29 is 14.2 Å². The lowest BCUT2D eigenvalue weighted by Gasteiger charge is -2.20. The number of aromatic hydroxyl groups is 1. The number of rotatable bonds is 3. The third-order valence-corrected chi connectivity index (χ3v) is 2.01. The van der Waals surface area contributed by atoms with Crippen molar-refractivity contribution >= 4 is 0 Å². The highest BCUT2D eigenvalue weighted by Crippen LogP contribution is 2.31. The molecule has 0 fully saturated rings. The molecule has 1 rings (SSSR count). The van der Waals surface area contributed by atoms with E-state index in [1.165, 1.54) is 13.2 Å². The molecular formula is C11H16FNO2. The van der Waals surface area contributed by atoms with Gasteiger partial charge >= 0.3 is 0 Å². The molecule has 0 spiro atoms. The molecule has 0 amide bonds. The zero-order valence-electron chi connectivity index (χ0n) is 9.17. The van der Waals surface area contributed by atoms with Crippen LogP contribution in [-0.2, 0) is 6.42 Å². The van der Waals surface area contributed by atoms with E-state index in [0.717, 1.165) is 0 Å². The highest BCUT2D eigenvalue weighted by molar-refractivity contribution is 5.42. The van der Waals surface area contributed by atoms with E-state index in [2.05, 4.69) is 0 Å². The van der Waals surface area contributed by atoms with Gasteiger partial charge in [0.05, 0.1) is 7.11 Å². The van der Waals surface area contributed by atoms with Crippen LogP contribution in [0.2, 0.25) is 0 Å². The molecule has 3 N–H and O–H groups in total. The molecule has 0 bridgehead atoms. The maximum Gasteiger partial charge on any atom is 0.206 e.